The number of amides is 1. The smallest absolute Gasteiger partial charge is 0.376 e. The number of alkyl halides is 1. The predicted octanol–water partition coefficient (Wildman–Crippen LogP) is 1.01. The average molecular weight is 261 g/mol. The van der Waals surface area contributed by atoms with Crippen LogP contribution in [-0.4, -0.2) is 29.3 Å². The van der Waals surface area contributed by atoms with Crippen LogP contribution in [-0.2, 0) is 16.1 Å². The normalized spacial score (nSPS) is 10.1. The summed E-state index contributed by atoms with van der Waals surface area (Å²) in [5.74, 6) is -0.733. The van der Waals surface area contributed by atoms with Gasteiger partial charge in [-0.1, -0.05) is 0 Å². The summed E-state index contributed by atoms with van der Waals surface area (Å²) in [6, 6.07) is 0. The van der Waals surface area contributed by atoms with E-state index in [0.717, 1.165) is 0 Å². The third-order valence-corrected chi connectivity index (χ3v) is 2.10. The number of hydrogen-bond acceptors (Lipinski definition) is 5. The van der Waals surface area contributed by atoms with Crippen LogP contribution < -0.4 is 5.32 Å². The van der Waals surface area contributed by atoms with Crippen LogP contribution in [0.1, 0.15) is 29.1 Å². The number of carbonyl (C=O) groups excluding carboxylic acids is 2. The van der Waals surface area contributed by atoms with Gasteiger partial charge < -0.3 is 14.5 Å². The molecule has 6 nitrogen and oxygen atoms in total. The van der Waals surface area contributed by atoms with Gasteiger partial charge in [0.2, 0.25) is 17.6 Å². The highest BCUT2D eigenvalue weighted by molar-refractivity contribution is 6.27. The largest absolute Gasteiger partial charge is 0.460 e. The molecule has 1 heterocycles. The van der Waals surface area contributed by atoms with Gasteiger partial charge in [0, 0.05) is 0 Å². The van der Waals surface area contributed by atoms with E-state index in [9.17, 15) is 9.59 Å². The van der Waals surface area contributed by atoms with Gasteiger partial charge in [-0.3, -0.25) is 4.79 Å². The molecule has 1 rings (SSSR count). The van der Waals surface area contributed by atoms with Crippen LogP contribution in [0.25, 0.3) is 0 Å². The lowest BCUT2D eigenvalue weighted by Crippen LogP contribution is -2.23. The number of aromatic nitrogens is 1. The third-order valence-electron chi connectivity index (χ3n) is 1.86. The zero-order chi connectivity index (χ0) is 12.8. The van der Waals surface area contributed by atoms with Gasteiger partial charge in [0.25, 0.3) is 0 Å². The number of nitrogens with zero attached hydrogens (tertiary/aromatic N) is 1. The first-order chi connectivity index (χ1) is 8.08. The van der Waals surface area contributed by atoms with E-state index in [2.05, 4.69) is 10.3 Å². The SMILES string of the molecule is CCOC(=O)c1oc(CNC(=O)CCl)nc1C. The molecular formula is C10H13ClN2O4. The Morgan fingerprint density at radius 3 is 2.82 bits per heavy atom. The van der Waals surface area contributed by atoms with Crippen LogP contribution in [0.5, 0.6) is 0 Å². The summed E-state index contributed by atoms with van der Waals surface area (Å²) in [6.07, 6.45) is 0. The Bertz CT molecular complexity index is 416. The number of oxazole rings is 1. The van der Waals surface area contributed by atoms with Crippen LogP contribution in [0, 0.1) is 6.92 Å². The summed E-state index contributed by atoms with van der Waals surface area (Å²) in [4.78, 5) is 26.3. The Kier molecular flexibility index (Phi) is 4.96. The van der Waals surface area contributed by atoms with Crippen molar-refractivity contribution in [1.29, 1.82) is 0 Å². The van der Waals surface area contributed by atoms with Crippen molar-refractivity contribution in [2.45, 2.75) is 20.4 Å². The lowest BCUT2D eigenvalue weighted by atomic mass is 10.4. The highest BCUT2D eigenvalue weighted by Gasteiger charge is 2.18. The Hall–Kier alpha value is -1.56. The van der Waals surface area contributed by atoms with Gasteiger partial charge >= 0.3 is 5.97 Å². The number of halogens is 1. The number of esters is 1. The number of rotatable bonds is 5. The van der Waals surface area contributed by atoms with Crippen molar-refractivity contribution in [2.24, 2.45) is 0 Å². The molecule has 0 atom stereocenters. The van der Waals surface area contributed by atoms with E-state index in [0.29, 0.717) is 5.69 Å². The van der Waals surface area contributed by atoms with Gasteiger partial charge in [-0.15, -0.1) is 11.6 Å². The number of ether oxygens (including phenoxy) is 1. The van der Waals surface area contributed by atoms with Crippen LogP contribution >= 0.6 is 11.6 Å². The van der Waals surface area contributed by atoms with Crippen molar-refractivity contribution in [3.05, 3.63) is 17.3 Å². The van der Waals surface area contributed by atoms with Gasteiger partial charge in [-0.2, -0.15) is 0 Å². The van der Waals surface area contributed by atoms with E-state index in [-0.39, 0.29) is 36.6 Å². The molecule has 1 aromatic rings. The molecule has 0 fully saturated rings. The van der Waals surface area contributed by atoms with E-state index in [1.165, 1.54) is 0 Å². The Labute approximate surface area is 103 Å². The first-order valence-electron chi connectivity index (χ1n) is 5.04. The van der Waals surface area contributed by atoms with Gasteiger partial charge in [-0.25, -0.2) is 9.78 Å². The topological polar surface area (TPSA) is 81.4 Å². The fraction of sp³-hybridized carbons (Fsp3) is 0.500. The van der Waals surface area contributed by atoms with Crippen LogP contribution in [0.2, 0.25) is 0 Å². The maximum absolute atomic E-state index is 11.4. The lowest BCUT2D eigenvalue weighted by molar-refractivity contribution is -0.118. The Balaban J connectivity index is 2.68. The minimum Gasteiger partial charge on any atom is -0.460 e. The minimum atomic E-state index is -0.563. The third kappa shape index (κ3) is 3.74. The quantitative estimate of drug-likeness (QED) is 0.631. The summed E-state index contributed by atoms with van der Waals surface area (Å²) in [6.45, 7) is 3.68. The number of carbonyl (C=O) groups is 2. The predicted molar refractivity (Wildman–Crippen MR) is 59.8 cm³/mol. The molecule has 1 amide bonds. The second-order valence-corrected chi connectivity index (χ2v) is 3.42. The van der Waals surface area contributed by atoms with Crippen molar-refractivity contribution in [3.8, 4) is 0 Å². The van der Waals surface area contributed by atoms with Crippen LogP contribution in [0.3, 0.4) is 0 Å². The molecule has 0 aliphatic heterocycles. The van der Waals surface area contributed by atoms with E-state index in [1.54, 1.807) is 13.8 Å². The molecule has 0 bridgehead atoms. The van der Waals surface area contributed by atoms with Crippen molar-refractivity contribution in [2.75, 3.05) is 12.5 Å². The van der Waals surface area contributed by atoms with Gasteiger partial charge in [-0.05, 0) is 13.8 Å². The monoisotopic (exact) mass is 260 g/mol. The standard InChI is InChI=1S/C10H13ClN2O4/c1-3-16-10(15)9-6(2)13-8(17-9)5-12-7(14)4-11/h3-5H2,1-2H3,(H,12,14). The molecule has 0 saturated heterocycles. The van der Waals surface area contributed by atoms with Crippen LogP contribution in [0.15, 0.2) is 4.42 Å². The highest BCUT2D eigenvalue weighted by Crippen LogP contribution is 2.11. The fourth-order valence-corrected chi connectivity index (χ4v) is 1.23. The van der Waals surface area contributed by atoms with Gasteiger partial charge in [0.15, 0.2) is 0 Å². The van der Waals surface area contributed by atoms with Gasteiger partial charge in [0.05, 0.1) is 18.8 Å². The zero-order valence-corrected chi connectivity index (χ0v) is 10.3. The van der Waals surface area contributed by atoms with E-state index >= 15 is 0 Å². The molecule has 0 saturated carbocycles. The Morgan fingerprint density at radius 2 is 2.24 bits per heavy atom. The fourth-order valence-electron chi connectivity index (χ4n) is 1.14. The molecule has 0 aliphatic rings. The van der Waals surface area contributed by atoms with Crippen molar-refractivity contribution in [3.63, 3.8) is 0 Å². The maximum Gasteiger partial charge on any atom is 0.376 e. The second kappa shape index (κ2) is 6.24. The zero-order valence-electron chi connectivity index (χ0n) is 9.58. The lowest BCUT2D eigenvalue weighted by Gasteiger charge is -1.98. The summed E-state index contributed by atoms with van der Waals surface area (Å²) in [5.41, 5.74) is 0.429. The van der Waals surface area contributed by atoms with Crippen LogP contribution in [0.4, 0.5) is 0 Å². The maximum atomic E-state index is 11.4. The molecule has 0 aliphatic carbocycles. The summed E-state index contributed by atoms with van der Waals surface area (Å²) >= 11 is 5.31. The summed E-state index contributed by atoms with van der Waals surface area (Å²) in [5, 5.41) is 2.48. The molecule has 17 heavy (non-hydrogen) atoms. The Morgan fingerprint density at radius 1 is 1.53 bits per heavy atom. The first-order valence-corrected chi connectivity index (χ1v) is 5.58. The second-order valence-electron chi connectivity index (χ2n) is 3.15. The molecule has 0 unspecified atom stereocenters. The number of hydrogen-bond donors (Lipinski definition) is 1. The molecule has 1 aromatic heterocycles. The molecular weight excluding hydrogens is 248 g/mol. The molecule has 0 aromatic carbocycles. The summed E-state index contributed by atoms with van der Waals surface area (Å²) < 4.78 is 9.97. The van der Waals surface area contributed by atoms with E-state index < -0.39 is 5.97 Å². The molecule has 0 spiro atoms. The van der Waals surface area contributed by atoms with E-state index in [1.807, 2.05) is 0 Å². The number of nitrogens with one attached hydrogen (secondary N) is 1. The van der Waals surface area contributed by atoms with Crippen molar-refractivity contribution in [1.82, 2.24) is 10.3 Å². The van der Waals surface area contributed by atoms with Crippen molar-refractivity contribution < 1.29 is 18.7 Å². The summed E-state index contributed by atoms with van der Waals surface area (Å²) in [7, 11) is 0. The minimum absolute atomic E-state index is 0.0574. The molecule has 1 N–H and O–H groups in total. The molecule has 7 heteroatoms. The number of aryl methyl sites for hydroxylation is 1. The first kappa shape index (κ1) is 13.5. The average Bonchev–Trinajstić information content (AvgIpc) is 2.68. The van der Waals surface area contributed by atoms with Gasteiger partial charge in [0.1, 0.15) is 5.88 Å². The van der Waals surface area contributed by atoms with Crippen molar-refractivity contribution >= 4 is 23.5 Å². The highest BCUT2D eigenvalue weighted by atomic mass is 35.5. The molecule has 0 radical (unpaired) electrons. The molecule has 94 valence electrons. The van der Waals surface area contributed by atoms with E-state index in [4.69, 9.17) is 20.8 Å².